The van der Waals surface area contributed by atoms with Gasteiger partial charge in [0.1, 0.15) is 11.5 Å². The van der Waals surface area contributed by atoms with Gasteiger partial charge in [0, 0.05) is 7.05 Å². The SMILES string of the molecule is Cn1cnc2ccc(Nc3c(F)ccc(F)c3F)c(Cl)c2c1=O. The Morgan fingerprint density at radius 2 is 1.83 bits per heavy atom. The van der Waals surface area contributed by atoms with Gasteiger partial charge in [0.2, 0.25) is 0 Å². The van der Waals surface area contributed by atoms with Crippen molar-refractivity contribution in [3.05, 3.63) is 63.4 Å². The summed E-state index contributed by atoms with van der Waals surface area (Å²) < 4.78 is 41.9. The standard InChI is InChI=1S/C15H9ClF3N3O/c1-22-6-20-9-4-5-10(12(16)11(9)15(22)23)21-14-8(18)3-2-7(17)13(14)19/h2-6,21H,1H3. The fraction of sp³-hybridized carbons (Fsp3) is 0.0667. The molecule has 118 valence electrons. The molecule has 0 aliphatic heterocycles. The molecule has 0 amide bonds. The van der Waals surface area contributed by atoms with E-state index in [9.17, 15) is 18.0 Å². The Hall–Kier alpha value is -2.54. The zero-order valence-corrected chi connectivity index (χ0v) is 12.5. The second kappa shape index (κ2) is 5.58. The molecule has 23 heavy (non-hydrogen) atoms. The first kappa shape index (κ1) is 15.4. The maximum absolute atomic E-state index is 13.7. The Kier molecular flexibility index (Phi) is 3.73. The maximum Gasteiger partial charge on any atom is 0.262 e. The van der Waals surface area contributed by atoms with E-state index >= 15 is 0 Å². The van der Waals surface area contributed by atoms with Crippen molar-refractivity contribution >= 4 is 33.9 Å². The van der Waals surface area contributed by atoms with Gasteiger partial charge >= 0.3 is 0 Å². The minimum Gasteiger partial charge on any atom is -0.349 e. The predicted molar refractivity (Wildman–Crippen MR) is 81.6 cm³/mol. The Morgan fingerprint density at radius 1 is 1.13 bits per heavy atom. The lowest BCUT2D eigenvalue weighted by Gasteiger charge is -2.12. The van der Waals surface area contributed by atoms with Crippen molar-refractivity contribution in [1.82, 2.24) is 9.55 Å². The van der Waals surface area contributed by atoms with E-state index in [-0.39, 0.29) is 16.1 Å². The van der Waals surface area contributed by atoms with Crippen molar-refractivity contribution in [3.8, 4) is 0 Å². The Bertz CT molecular complexity index is 988. The number of hydrogen-bond acceptors (Lipinski definition) is 3. The minimum atomic E-state index is -1.37. The van der Waals surface area contributed by atoms with E-state index in [1.807, 2.05) is 0 Å². The van der Waals surface area contributed by atoms with Gasteiger partial charge < -0.3 is 9.88 Å². The molecular formula is C15H9ClF3N3O. The molecule has 3 rings (SSSR count). The highest BCUT2D eigenvalue weighted by Gasteiger charge is 2.17. The van der Waals surface area contributed by atoms with Crippen LogP contribution in [0.2, 0.25) is 5.02 Å². The van der Waals surface area contributed by atoms with Crippen LogP contribution in [0, 0.1) is 17.5 Å². The number of fused-ring (bicyclic) bond motifs is 1. The van der Waals surface area contributed by atoms with Crippen LogP contribution in [0.15, 0.2) is 35.4 Å². The van der Waals surface area contributed by atoms with Gasteiger partial charge in [-0.05, 0) is 24.3 Å². The van der Waals surface area contributed by atoms with Gasteiger partial charge in [-0.1, -0.05) is 11.6 Å². The third-order valence-corrected chi connectivity index (χ3v) is 3.72. The quantitative estimate of drug-likeness (QED) is 0.723. The normalized spacial score (nSPS) is 11.0. The molecule has 0 fully saturated rings. The van der Waals surface area contributed by atoms with Crippen molar-refractivity contribution in [1.29, 1.82) is 0 Å². The fourth-order valence-electron chi connectivity index (χ4n) is 2.13. The summed E-state index contributed by atoms with van der Waals surface area (Å²) in [6.45, 7) is 0. The van der Waals surface area contributed by atoms with Crippen LogP contribution in [-0.4, -0.2) is 9.55 Å². The molecule has 1 heterocycles. The second-order valence-electron chi connectivity index (χ2n) is 4.83. The van der Waals surface area contributed by atoms with E-state index in [2.05, 4.69) is 10.3 Å². The number of benzene rings is 2. The first-order valence-electron chi connectivity index (χ1n) is 6.44. The molecule has 0 spiro atoms. The smallest absolute Gasteiger partial charge is 0.262 e. The number of nitrogens with zero attached hydrogens (tertiary/aromatic N) is 2. The topological polar surface area (TPSA) is 46.9 Å². The highest BCUT2D eigenvalue weighted by molar-refractivity contribution is 6.38. The van der Waals surface area contributed by atoms with Gasteiger partial charge in [-0.25, -0.2) is 18.2 Å². The fourth-order valence-corrected chi connectivity index (χ4v) is 2.42. The average molecular weight is 340 g/mol. The number of rotatable bonds is 2. The van der Waals surface area contributed by atoms with E-state index in [0.29, 0.717) is 11.6 Å². The number of halogens is 4. The first-order chi connectivity index (χ1) is 10.9. The second-order valence-corrected chi connectivity index (χ2v) is 5.20. The van der Waals surface area contributed by atoms with Crippen molar-refractivity contribution in [2.75, 3.05) is 5.32 Å². The number of anilines is 2. The van der Waals surface area contributed by atoms with Gasteiger partial charge in [0.05, 0.1) is 27.9 Å². The van der Waals surface area contributed by atoms with E-state index in [1.54, 1.807) is 0 Å². The zero-order chi connectivity index (χ0) is 16.7. The lowest BCUT2D eigenvalue weighted by molar-refractivity contribution is 0.500. The summed E-state index contributed by atoms with van der Waals surface area (Å²) in [6.07, 6.45) is 1.33. The number of aromatic nitrogens is 2. The predicted octanol–water partition coefficient (Wildman–Crippen LogP) is 3.75. The van der Waals surface area contributed by atoms with Gasteiger partial charge in [-0.3, -0.25) is 4.79 Å². The molecule has 0 atom stereocenters. The lowest BCUT2D eigenvalue weighted by Crippen LogP contribution is -2.17. The molecule has 1 aromatic heterocycles. The van der Waals surface area contributed by atoms with Crippen LogP contribution in [0.3, 0.4) is 0 Å². The molecule has 0 aliphatic rings. The summed E-state index contributed by atoms with van der Waals surface area (Å²) in [5, 5.41) is 2.43. The van der Waals surface area contributed by atoms with Crippen LogP contribution in [0.1, 0.15) is 0 Å². The Balaban J connectivity index is 2.19. The molecule has 2 aromatic carbocycles. The first-order valence-corrected chi connectivity index (χ1v) is 6.82. The van der Waals surface area contributed by atoms with Crippen molar-refractivity contribution in [3.63, 3.8) is 0 Å². The van der Waals surface area contributed by atoms with E-state index in [1.165, 1.54) is 30.1 Å². The lowest BCUT2D eigenvalue weighted by atomic mass is 10.2. The summed E-state index contributed by atoms with van der Waals surface area (Å²) >= 11 is 6.16. The zero-order valence-electron chi connectivity index (χ0n) is 11.7. The Labute approximate surface area is 133 Å². The monoisotopic (exact) mass is 339 g/mol. The van der Waals surface area contributed by atoms with Crippen molar-refractivity contribution < 1.29 is 13.2 Å². The molecule has 0 unspecified atom stereocenters. The highest BCUT2D eigenvalue weighted by atomic mass is 35.5. The van der Waals surface area contributed by atoms with E-state index in [4.69, 9.17) is 11.6 Å². The average Bonchev–Trinajstić information content (AvgIpc) is 2.53. The Morgan fingerprint density at radius 3 is 2.57 bits per heavy atom. The summed E-state index contributed by atoms with van der Waals surface area (Å²) in [5.74, 6) is -3.57. The highest BCUT2D eigenvalue weighted by Crippen LogP contribution is 2.32. The van der Waals surface area contributed by atoms with Gasteiger partial charge in [-0.15, -0.1) is 0 Å². The molecule has 0 radical (unpaired) electrons. The summed E-state index contributed by atoms with van der Waals surface area (Å²) in [7, 11) is 1.50. The van der Waals surface area contributed by atoms with Crippen LogP contribution in [-0.2, 0) is 7.05 Å². The molecule has 4 nitrogen and oxygen atoms in total. The molecule has 3 aromatic rings. The van der Waals surface area contributed by atoms with E-state index < -0.39 is 28.7 Å². The third-order valence-electron chi connectivity index (χ3n) is 3.33. The molecule has 0 aliphatic carbocycles. The van der Waals surface area contributed by atoms with Gasteiger partial charge in [-0.2, -0.15) is 0 Å². The minimum absolute atomic E-state index is 0.0562. The van der Waals surface area contributed by atoms with Crippen molar-refractivity contribution in [2.45, 2.75) is 0 Å². The number of hydrogen-bond donors (Lipinski definition) is 1. The van der Waals surface area contributed by atoms with Crippen LogP contribution < -0.4 is 10.9 Å². The summed E-state index contributed by atoms with van der Waals surface area (Å²) in [5.41, 5.74) is -0.702. The van der Waals surface area contributed by atoms with Crippen LogP contribution in [0.5, 0.6) is 0 Å². The van der Waals surface area contributed by atoms with Gasteiger partial charge in [0.15, 0.2) is 11.6 Å². The van der Waals surface area contributed by atoms with Crippen molar-refractivity contribution in [2.24, 2.45) is 7.05 Å². The summed E-state index contributed by atoms with van der Waals surface area (Å²) in [6, 6.07) is 4.34. The molecule has 0 saturated carbocycles. The molecule has 0 bridgehead atoms. The third kappa shape index (κ3) is 2.53. The summed E-state index contributed by atoms with van der Waals surface area (Å²) in [4.78, 5) is 16.2. The largest absolute Gasteiger partial charge is 0.349 e. The van der Waals surface area contributed by atoms with Crippen LogP contribution in [0.4, 0.5) is 24.5 Å². The van der Waals surface area contributed by atoms with Crippen LogP contribution in [0.25, 0.3) is 10.9 Å². The van der Waals surface area contributed by atoms with Gasteiger partial charge in [0.25, 0.3) is 5.56 Å². The van der Waals surface area contributed by atoms with Crippen LogP contribution >= 0.6 is 11.6 Å². The van der Waals surface area contributed by atoms with E-state index in [0.717, 1.165) is 6.07 Å². The number of nitrogens with one attached hydrogen (secondary N) is 1. The molecular weight excluding hydrogens is 331 g/mol. The molecule has 0 saturated heterocycles. The maximum atomic E-state index is 13.7. The molecule has 1 N–H and O–H groups in total. The molecule has 8 heteroatoms. The number of aryl methyl sites for hydroxylation is 1.